The Morgan fingerprint density at radius 2 is 1.75 bits per heavy atom. The molecule has 0 amide bonds. The fourth-order valence-electron chi connectivity index (χ4n) is 1.95. The number of para-hydroxylation sites is 1. The number of hydrogen-bond acceptors (Lipinski definition) is 2. The summed E-state index contributed by atoms with van der Waals surface area (Å²) in [6.07, 6.45) is -5.05. The Kier molecular flexibility index (Phi) is 10.8. The van der Waals surface area contributed by atoms with Gasteiger partial charge in [-0.05, 0) is 18.1 Å². The number of nitrogens with one attached hydrogen (secondary N) is 3. The molecular weight excluding hydrogens is 432 g/mol. The van der Waals surface area contributed by atoms with Crippen LogP contribution in [0.15, 0.2) is 35.3 Å². The van der Waals surface area contributed by atoms with E-state index in [2.05, 4.69) is 34.8 Å². The van der Waals surface area contributed by atoms with Crippen molar-refractivity contribution < 1.29 is 13.2 Å². The number of nitrogens with zero attached hydrogens (tertiary/aromatic N) is 1. The van der Waals surface area contributed by atoms with E-state index in [1.54, 1.807) is 0 Å². The van der Waals surface area contributed by atoms with Gasteiger partial charge < -0.3 is 16.0 Å². The van der Waals surface area contributed by atoms with Gasteiger partial charge in [-0.25, -0.2) is 0 Å². The number of guanidine groups is 1. The summed E-state index contributed by atoms with van der Waals surface area (Å²) >= 11 is 0. The van der Waals surface area contributed by atoms with Gasteiger partial charge in [0.15, 0.2) is 5.96 Å². The van der Waals surface area contributed by atoms with Crippen LogP contribution in [-0.2, 0) is 0 Å². The summed E-state index contributed by atoms with van der Waals surface area (Å²) in [7, 11) is 1.54. The van der Waals surface area contributed by atoms with Crippen LogP contribution in [0.3, 0.4) is 0 Å². The third-order valence-electron chi connectivity index (χ3n) is 3.34. The lowest BCUT2D eigenvalue weighted by Crippen LogP contribution is -2.45. The van der Waals surface area contributed by atoms with Crippen molar-refractivity contribution in [1.29, 1.82) is 0 Å². The number of anilines is 1. The first-order valence-electron chi connectivity index (χ1n) is 7.64. The first kappa shape index (κ1) is 22.8. The Hall–Kier alpha value is -1.19. The van der Waals surface area contributed by atoms with Gasteiger partial charge >= 0.3 is 6.18 Å². The number of rotatable bonds is 7. The molecule has 0 aliphatic carbocycles. The molecule has 0 fully saturated rings. The molecule has 1 atom stereocenters. The van der Waals surface area contributed by atoms with Crippen molar-refractivity contribution in [2.75, 3.05) is 25.5 Å². The molecule has 0 bridgehead atoms. The van der Waals surface area contributed by atoms with E-state index >= 15 is 0 Å². The van der Waals surface area contributed by atoms with Crippen LogP contribution < -0.4 is 16.0 Å². The minimum absolute atomic E-state index is 0. The lowest BCUT2D eigenvalue weighted by Gasteiger charge is -2.25. The fourth-order valence-corrected chi connectivity index (χ4v) is 1.95. The highest BCUT2D eigenvalue weighted by Crippen LogP contribution is 2.18. The maximum atomic E-state index is 12.2. The summed E-state index contributed by atoms with van der Waals surface area (Å²) < 4.78 is 36.5. The highest BCUT2D eigenvalue weighted by Gasteiger charge is 2.26. The highest BCUT2D eigenvalue weighted by molar-refractivity contribution is 14.0. The van der Waals surface area contributed by atoms with E-state index in [1.165, 1.54) is 7.05 Å². The van der Waals surface area contributed by atoms with Crippen LogP contribution in [0.1, 0.15) is 20.3 Å². The molecule has 1 aromatic rings. The molecule has 1 aromatic carbocycles. The lowest BCUT2D eigenvalue weighted by atomic mass is 10.0. The summed E-state index contributed by atoms with van der Waals surface area (Å²) in [4.78, 5) is 3.95. The zero-order valence-corrected chi connectivity index (χ0v) is 16.5. The first-order chi connectivity index (χ1) is 10.8. The van der Waals surface area contributed by atoms with Gasteiger partial charge in [-0.3, -0.25) is 4.99 Å². The SMILES string of the molecule is CN=C(NCCC(F)(F)F)NCC(Nc1ccccc1)C(C)C.I. The van der Waals surface area contributed by atoms with Crippen molar-refractivity contribution in [1.82, 2.24) is 10.6 Å². The molecule has 8 heteroatoms. The van der Waals surface area contributed by atoms with Crippen molar-refractivity contribution in [2.45, 2.75) is 32.5 Å². The predicted molar refractivity (Wildman–Crippen MR) is 104 cm³/mol. The monoisotopic (exact) mass is 458 g/mol. The number of aliphatic imine (C=N–C) groups is 1. The molecular formula is C16H26F3IN4. The first-order valence-corrected chi connectivity index (χ1v) is 7.64. The molecule has 0 aromatic heterocycles. The van der Waals surface area contributed by atoms with E-state index < -0.39 is 12.6 Å². The molecule has 0 spiro atoms. The Labute approximate surface area is 158 Å². The average molecular weight is 458 g/mol. The summed E-state index contributed by atoms with van der Waals surface area (Å²) in [5.74, 6) is 0.714. The minimum atomic E-state index is -4.17. The molecule has 0 heterocycles. The predicted octanol–water partition coefficient (Wildman–Crippen LogP) is 3.86. The van der Waals surface area contributed by atoms with Gasteiger partial charge in [-0.1, -0.05) is 32.0 Å². The van der Waals surface area contributed by atoms with E-state index in [0.717, 1.165) is 5.69 Å². The molecule has 0 saturated carbocycles. The molecule has 1 unspecified atom stereocenters. The van der Waals surface area contributed by atoms with Crippen LogP contribution in [0, 0.1) is 5.92 Å². The third-order valence-corrected chi connectivity index (χ3v) is 3.34. The van der Waals surface area contributed by atoms with E-state index in [0.29, 0.717) is 18.4 Å². The third kappa shape index (κ3) is 9.84. The lowest BCUT2D eigenvalue weighted by molar-refractivity contribution is -0.132. The van der Waals surface area contributed by atoms with E-state index in [4.69, 9.17) is 0 Å². The van der Waals surface area contributed by atoms with Gasteiger partial charge in [-0.15, -0.1) is 24.0 Å². The number of alkyl halides is 3. The second-order valence-corrected chi connectivity index (χ2v) is 5.61. The average Bonchev–Trinajstić information content (AvgIpc) is 2.48. The van der Waals surface area contributed by atoms with Gasteiger partial charge in [0.05, 0.1) is 6.42 Å². The van der Waals surface area contributed by atoms with Crippen molar-refractivity contribution >= 4 is 35.6 Å². The van der Waals surface area contributed by atoms with Crippen LogP contribution in [0.4, 0.5) is 18.9 Å². The topological polar surface area (TPSA) is 48.5 Å². The Balaban J connectivity index is 0.00000529. The van der Waals surface area contributed by atoms with Crippen LogP contribution in [-0.4, -0.2) is 38.3 Å². The standard InChI is InChI=1S/C16H25F3N4.HI/c1-12(2)14(23-13-7-5-4-6-8-13)11-22-15(20-3)21-10-9-16(17,18)19;/h4-8,12,14,23H,9-11H2,1-3H3,(H2,20,21,22);1H. The Morgan fingerprint density at radius 3 is 2.25 bits per heavy atom. The largest absolute Gasteiger partial charge is 0.390 e. The Morgan fingerprint density at radius 1 is 1.12 bits per heavy atom. The van der Waals surface area contributed by atoms with Crippen LogP contribution >= 0.6 is 24.0 Å². The van der Waals surface area contributed by atoms with Gasteiger partial charge in [0.1, 0.15) is 0 Å². The van der Waals surface area contributed by atoms with Crippen LogP contribution in [0.25, 0.3) is 0 Å². The maximum Gasteiger partial charge on any atom is 0.390 e. The number of halogens is 4. The molecule has 0 radical (unpaired) electrons. The summed E-state index contributed by atoms with van der Waals surface area (Å²) in [5.41, 5.74) is 1.01. The normalized spacial score (nSPS) is 13.2. The van der Waals surface area contributed by atoms with Gasteiger partial charge in [0.2, 0.25) is 0 Å². The quantitative estimate of drug-likeness (QED) is 0.331. The zero-order chi connectivity index (χ0) is 17.3. The molecule has 24 heavy (non-hydrogen) atoms. The fraction of sp³-hybridized carbons (Fsp3) is 0.562. The second kappa shape index (κ2) is 11.4. The second-order valence-electron chi connectivity index (χ2n) is 5.61. The maximum absolute atomic E-state index is 12.2. The smallest absolute Gasteiger partial charge is 0.380 e. The summed E-state index contributed by atoms with van der Waals surface area (Å²) in [6.45, 7) is 4.53. The highest BCUT2D eigenvalue weighted by atomic mass is 127. The van der Waals surface area contributed by atoms with E-state index in [1.807, 2.05) is 30.3 Å². The summed E-state index contributed by atoms with van der Waals surface area (Å²) in [5, 5.41) is 9.15. The van der Waals surface area contributed by atoms with Crippen molar-refractivity contribution in [3.05, 3.63) is 30.3 Å². The number of benzene rings is 1. The molecule has 0 saturated heterocycles. The molecule has 4 nitrogen and oxygen atoms in total. The van der Waals surface area contributed by atoms with E-state index in [9.17, 15) is 13.2 Å². The molecule has 0 aliphatic heterocycles. The van der Waals surface area contributed by atoms with Crippen molar-refractivity contribution in [2.24, 2.45) is 10.9 Å². The van der Waals surface area contributed by atoms with Crippen LogP contribution in [0.2, 0.25) is 0 Å². The Bertz CT molecular complexity index is 478. The van der Waals surface area contributed by atoms with Crippen molar-refractivity contribution in [3.63, 3.8) is 0 Å². The van der Waals surface area contributed by atoms with Crippen molar-refractivity contribution in [3.8, 4) is 0 Å². The summed E-state index contributed by atoms with van der Waals surface area (Å²) in [6, 6.07) is 9.92. The van der Waals surface area contributed by atoms with Crippen LogP contribution in [0.5, 0.6) is 0 Å². The zero-order valence-electron chi connectivity index (χ0n) is 14.2. The molecule has 138 valence electrons. The molecule has 0 aliphatic rings. The van der Waals surface area contributed by atoms with Gasteiger partial charge in [0, 0.05) is 31.9 Å². The van der Waals surface area contributed by atoms with E-state index in [-0.39, 0.29) is 36.6 Å². The number of hydrogen-bond donors (Lipinski definition) is 3. The molecule has 3 N–H and O–H groups in total. The minimum Gasteiger partial charge on any atom is -0.380 e. The van der Waals surface area contributed by atoms with Gasteiger partial charge in [-0.2, -0.15) is 13.2 Å². The van der Waals surface area contributed by atoms with Gasteiger partial charge in [0.25, 0.3) is 0 Å². The molecule has 1 rings (SSSR count).